The molecule has 0 aliphatic rings. The van der Waals surface area contributed by atoms with E-state index in [2.05, 4.69) is 15.4 Å². The first-order valence-corrected chi connectivity index (χ1v) is 7.21. The number of nitrogens with one attached hydrogen (secondary N) is 1. The Labute approximate surface area is 132 Å². The van der Waals surface area contributed by atoms with E-state index in [1.807, 2.05) is 38.1 Å². The Bertz CT molecular complexity index is 937. The minimum absolute atomic E-state index is 0.106. The van der Waals surface area contributed by atoms with Crippen LogP contribution in [0, 0.1) is 13.8 Å². The second kappa shape index (κ2) is 5.68. The number of aromatic nitrogens is 4. The lowest BCUT2D eigenvalue weighted by molar-refractivity contribution is -0.116. The fraction of sp³-hybridized carbons (Fsp3) is 0.250. The zero-order chi connectivity index (χ0) is 16.6. The molecule has 3 rings (SSSR count). The summed E-state index contributed by atoms with van der Waals surface area (Å²) in [5, 5.41) is 6.92. The number of fused-ring (bicyclic) bond motifs is 1. The van der Waals surface area contributed by atoms with Crippen molar-refractivity contribution in [3.05, 3.63) is 52.2 Å². The zero-order valence-corrected chi connectivity index (χ0v) is 13.2. The van der Waals surface area contributed by atoms with Gasteiger partial charge in [-0.05, 0) is 26.0 Å². The second-order valence-electron chi connectivity index (χ2n) is 5.50. The van der Waals surface area contributed by atoms with Crippen molar-refractivity contribution >= 4 is 22.6 Å². The quantitative estimate of drug-likeness (QED) is 0.792. The van der Waals surface area contributed by atoms with Crippen molar-refractivity contribution < 1.29 is 4.79 Å². The van der Waals surface area contributed by atoms with Crippen molar-refractivity contribution in [2.24, 2.45) is 7.05 Å². The molecule has 0 atom stereocenters. The van der Waals surface area contributed by atoms with Gasteiger partial charge in [0.15, 0.2) is 5.52 Å². The number of carbonyl (C=O) groups is 1. The molecule has 0 bridgehead atoms. The van der Waals surface area contributed by atoms with Crippen LogP contribution in [0.25, 0.3) is 11.0 Å². The highest BCUT2D eigenvalue weighted by atomic mass is 16.2. The standard InChI is InChI=1S/C16H17N5O2/c1-10-4-6-12(7-5-10)18-13(22)8-21-9-17-14-11(2)20(3)19-15(14)16(21)23/h4-7,9H,8H2,1-3H3,(H,18,22). The maximum absolute atomic E-state index is 12.4. The Kier molecular flexibility index (Phi) is 3.69. The van der Waals surface area contributed by atoms with E-state index in [0.29, 0.717) is 11.2 Å². The van der Waals surface area contributed by atoms with Gasteiger partial charge < -0.3 is 5.32 Å². The van der Waals surface area contributed by atoms with E-state index in [1.54, 1.807) is 11.7 Å². The highest BCUT2D eigenvalue weighted by Gasteiger charge is 2.13. The summed E-state index contributed by atoms with van der Waals surface area (Å²) < 4.78 is 2.87. The molecule has 0 fully saturated rings. The van der Waals surface area contributed by atoms with Crippen molar-refractivity contribution in [2.75, 3.05) is 5.32 Å². The van der Waals surface area contributed by atoms with Crippen LogP contribution in [-0.4, -0.2) is 25.2 Å². The molecule has 0 saturated heterocycles. The predicted molar refractivity (Wildman–Crippen MR) is 87.3 cm³/mol. The summed E-state index contributed by atoms with van der Waals surface area (Å²) in [5.74, 6) is -0.287. The van der Waals surface area contributed by atoms with Crippen LogP contribution in [0.5, 0.6) is 0 Å². The van der Waals surface area contributed by atoms with Crippen LogP contribution in [0.4, 0.5) is 5.69 Å². The normalized spacial score (nSPS) is 10.9. The van der Waals surface area contributed by atoms with E-state index in [1.165, 1.54) is 10.9 Å². The summed E-state index contributed by atoms with van der Waals surface area (Å²) in [7, 11) is 1.75. The molecule has 118 valence electrons. The summed E-state index contributed by atoms with van der Waals surface area (Å²) in [6.45, 7) is 3.71. The largest absolute Gasteiger partial charge is 0.325 e. The van der Waals surface area contributed by atoms with Crippen LogP contribution in [0.2, 0.25) is 0 Å². The van der Waals surface area contributed by atoms with Crippen LogP contribution in [-0.2, 0) is 18.4 Å². The van der Waals surface area contributed by atoms with Crippen LogP contribution in [0.3, 0.4) is 0 Å². The molecule has 7 heteroatoms. The number of anilines is 1. The van der Waals surface area contributed by atoms with Crippen LogP contribution in [0.1, 0.15) is 11.3 Å². The van der Waals surface area contributed by atoms with Gasteiger partial charge in [-0.15, -0.1) is 0 Å². The number of amides is 1. The van der Waals surface area contributed by atoms with Gasteiger partial charge in [0.1, 0.15) is 12.1 Å². The van der Waals surface area contributed by atoms with Gasteiger partial charge in [-0.3, -0.25) is 18.8 Å². The van der Waals surface area contributed by atoms with E-state index in [4.69, 9.17) is 0 Å². The Balaban J connectivity index is 1.83. The first kappa shape index (κ1) is 15.0. The molecule has 1 aromatic carbocycles. The van der Waals surface area contributed by atoms with Crippen LogP contribution in [0.15, 0.2) is 35.4 Å². The second-order valence-corrected chi connectivity index (χ2v) is 5.50. The molecular formula is C16H17N5O2. The predicted octanol–water partition coefficient (Wildman–Crippen LogP) is 1.39. The first-order valence-electron chi connectivity index (χ1n) is 7.21. The zero-order valence-electron chi connectivity index (χ0n) is 13.2. The monoisotopic (exact) mass is 311 g/mol. The lowest BCUT2D eigenvalue weighted by Crippen LogP contribution is -2.28. The van der Waals surface area contributed by atoms with Gasteiger partial charge in [0.2, 0.25) is 5.91 Å². The number of rotatable bonds is 3. The van der Waals surface area contributed by atoms with Crippen LogP contribution < -0.4 is 10.9 Å². The van der Waals surface area contributed by atoms with Gasteiger partial charge in [0, 0.05) is 12.7 Å². The average molecular weight is 311 g/mol. The number of aryl methyl sites for hydroxylation is 3. The van der Waals surface area contributed by atoms with E-state index < -0.39 is 0 Å². The molecule has 1 N–H and O–H groups in total. The molecule has 0 radical (unpaired) electrons. The van der Waals surface area contributed by atoms with Crippen molar-refractivity contribution in [1.82, 2.24) is 19.3 Å². The Hall–Kier alpha value is -2.96. The molecule has 23 heavy (non-hydrogen) atoms. The van der Waals surface area contributed by atoms with Crippen LogP contribution >= 0.6 is 0 Å². The highest BCUT2D eigenvalue weighted by Crippen LogP contribution is 2.10. The third-order valence-corrected chi connectivity index (χ3v) is 3.74. The lowest BCUT2D eigenvalue weighted by atomic mass is 10.2. The SMILES string of the molecule is Cc1ccc(NC(=O)Cn2cnc3c(C)n(C)nc3c2=O)cc1. The molecule has 1 amide bonds. The number of benzene rings is 1. The topological polar surface area (TPSA) is 81.8 Å². The molecule has 2 aromatic heterocycles. The summed E-state index contributed by atoms with van der Waals surface area (Å²) in [6, 6.07) is 7.46. The van der Waals surface area contributed by atoms with Gasteiger partial charge in [-0.25, -0.2) is 4.98 Å². The minimum atomic E-state index is -0.322. The maximum Gasteiger partial charge on any atom is 0.282 e. The number of carbonyl (C=O) groups excluding carboxylic acids is 1. The Morgan fingerprint density at radius 3 is 2.57 bits per heavy atom. The maximum atomic E-state index is 12.4. The minimum Gasteiger partial charge on any atom is -0.325 e. The lowest BCUT2D eigenvalue weighted by Gasteiger charge is -2.07. The van der Waals surface area contributed by atoms with Crippen molar-refractivity contribution in [2.45, 2.75) is 20.4 Å². The molecule has 7 nitrogen and oxygen atoms in total. The first-order chi connectivity index (χ1) is 11.0. The Morgan fingerprint density at radius 1 is 1.17 bits per heavy atom. The van der Waals surface area contributed by atoms with Gasteiger partial charge in [-0.2, -0.15) is 5.10 Å². The molecular weight excluding hydrogens is 294 g/mol. The average Bonchev–Trinajstić information content (AvgIpc) is 2.81. The summed E-state index contributed by atoms with van der Waals surface area (Å²) in [4.78, 5) is 28.7. The molecule has 0 unspecified atom stereocenters. The number of hydrogen-bond acceptors (Lipinski definition) is 4. The van der Waals surface area contributed by atoms with E-state index in [9.17, 15) is 9.59 Å². The summed E-state index contributed by atoms with van der Waals surface area (Å²) in [6.07, 6.45) is 1.38. The fourth-order valence-corrected chi connectivity index (χ4v) is 2.32. The smallest absolute Gasteiger partial charge is 0.282 e. The van der Waals surface area contributed by atoms with Crippen molar-refractivity contribution in [3.63, 3.8) is 0 Å². The van der Waals surface area contributed by atoms with Gasteiger partial charge >= 0.3 is 0 Å². The van der Waals surface area contributed by atoms with E-state index in [0.717, 1.165) is 11.3 Å². The molecule has 2 heterocycles. The summed E-state index contributed by atoms with van der Waals surface area (Å²) in [5.41, 5.74) is 3.13. The van der Waals surface area contributed by atoms with Crippen molar-refractivity contribution in [3.8, 4) is 0 Å². The van der Waals surface area contributed by atoms with E-state index in [-0.39, 0.29) is 23.5 Å². The fourth-order valence-electron chi connectivity index (χ4n) is 2.32. The number of hydrogen-bond donors (Lipinski definition) is 1. The molecule has 0 aliphatic carbocycles. The molecule has 0 spiro atoms. The highest BCUT2D eigenvalue weighted by molar-refractivity contribution is 5.90. The number of nitrogens with zero attached hydrogens (tertiary/aromatic N) is 4. The van der Waals surface area contributed by atoms with Gasteiger partial charge in [0.25, 0.3) is 5.56 Å². The van der Waals surface area contributed by atoms with Gasteiger partial charge in [0.05, 0.1) is 12.0 Å². The molecule has 0 aliphatic heterocycles. The van der Waals surface area contributed by atoms with E-state index >= 15 is 0 Å². The molecule has 3 aromatic rings. The third-order valence-electron chi connectivity index (χ3n) is 3.74. The van der Waals surface area contributed by atoms with Crippen molar-refractivity contribution in [1.29, 1.82) is 0 Å². The third kappa shape index (κ3) is 2.85. The molecule has 0 saturated carbocycles. The van der Waals surface area contributed by atoms with Gasteiger partial charge in [-0.1, -0.05) is 17.7 Å². The Morgan fingerprint density at radius 2 is 1.87 bits per heavy atom. The summed E-state index contributed by atoms with van der Waals surface area (Å²) >= 11 is 0.